The summed E-state index contributed by atoms with van der Waals surface area (Å²) >= 11 is 0. The Kier molecular flexibility index (Phi) is 7.47. The number of fused-ring (bicyclic) bond motifs is 1. The zero-order valence-corrected chi connectivity index (χ0v) is 20.1. The predicted molar refractivity (Wildman–Crippen MR) is 135 cm³/mol. The van der Waals surface area contributed by atoms with Crippen molar-refractivity contribution < 1.29 is 34.0 Å². The van der Waals surface area contributed by atoms with Gasteiger partial charge in [-0.15, -0.1) is 0 Å². The van der Waals surface area contributed by atoms with Crippen LogP contribution in [-0.4, -0.2) is 49.2 Å². The summed E-state index contributed by atoms with van der Waals surface area (Å²) in [5.41, 5.74) is 1.34. The van der Waals surface area contributed by atoms with Gasteiger partial charge in [-0.3, -0.25) is 9.59 Å². The van der Waals surface area contributed by atoms with E-state index >= 15 is 0 Å². The third-order valence-corrected chi connectivity index (χ3v) is 5.77. The lowest BCUT2D eigenvalue weighted by Crippen LogP contribution is -2.34. The van der Waals surface area contributed by atoms with E-state index in [0.717, 1.165) is 13.0 Å². The summed E-state index contributed by atoms with van der Waals surface area (Å²) in [5, 5.41) is 32.2. The molecule has 3 atom stereocenters. The second-order valence-electron chi connectivity index (χ2n) is 8.55. The SMILES string of the molecule is CC(=O)OC(C(C)O)C(O)c1cccc(/C(O)=C(\C(=O)c2cccc(F)c2)c2nc3ccccc3[nH]2)c1. The smallest absolute Gasteiger partial charge is 0.303 e. The number of aliphatic hydroxyl groups excluding tert-OH is 3. The number of rotatable bonds is 8. The number of Topliss-reactive ketones (excluding diaryl/α,β-unsaturated/α-hetero) is 1. The number of benzene rings is 3. The van der Waals surface area contributed by atoms with Crippen LogP contribution in [0.5, 0.6) is 0 Å². The summed E-state index contributed by atoms with van der Waals surface area (Å²) < 4.78 is 19.0. The van der Waals surface area contributed by atoms with Crippen molar-refractivity contribution in [3.8, 4) is 0 Å². The van der Waals surface area contributed by atoms with E-state index in [0.29, 0.717) is 11.0 Å². The number of halogens is 1. The highest BCUT2D eigenvalue weighted by Gasteiger charge is 2.29. The van der Waals surface area contributed by atoms with E-state index in [9.17, 15) is 29.3 Å². The minimum Gasteiger partial charge on any atom is -0.506 e. The molecule has 0 aliphatic rings. The van der Waals surface area contributed by atoms with E-state index in [1.165, 1.54) is 49.4 Å². The lowest BCUT2D eigenvalue weighted by molar-refractivity contribution is -0.161. The average Bonchev–Trinajstić information content (AvgIpc) is 3.30. The number of nitrogens with zero attached hydrogens (tertiary/aromatic N) is 1. The number of allylic oxidation sites excluding steroid dienone is 1. The van der Waals surface area contributed by atoms with Crippen molar-refractivity contribution in [3.05, 3.63) is 101 Å². The Bertz CT molecular complexity index is 1460. The Morgan fingerprint density at radius 1 is 0.973 bits per heavy atom. The first-order valence-electron chi connectivity index (χ1n) is 11.5. The lowest BCUT2D eigenvalue weighted by atomic mass is 9.95. The van der Waals surface area contributed by atoms with Crippen LogP contribution in [-0.2, 0) is 9.53 Å². The van der Waals surface area contributed by atoms with Crippen LogP contribution in [0, 0.1) is 5.82 Å². The molecule has 37 heavy (non-hydrogen) atoms. The van der Waals surface area contributed by atoms with Crippen molar-refractivity contribution >= 4 is 34.1 Å². The number of ether oxygens (including phenoxy) is 1. The second-order valence-corrected chi connectivity index (χ2v) is 8.55. The molecule has 4 aromatic rings. The van der Waals surface area contributed by atoms with Gasteiger partial charge < -0.3 is 25.0 Å². The molecule has 0 amide bonds. The van der Waals surface area contributed by atoms with Gasteiger partial charge in [0.1, 0.15) is 29.1 Å². The van der Waals surface area contributed by atoms with E-state index in [4.69, 9.17) is 4.74 Å². The number of aliphatic hydroxyl groups is 3. The van der Waals surface area contributed by atoms with Crippen LogP contribution in [0.2, 0.25) is 0 Å². The fourth-order valence-corrected chi connectivity index (χ4v) is 3.99. The Morgan fingerprint density at radius 3 is 2.35 bits per heavy atom. The maximum Gasteiger partial charge on any atom is 0.303 e. The zero-order chi connectivity index (χ0) is 26.7. The van der Waals surface area contributed by atoms with Crippen LogP contribution < -0.4 is 0 Å². The van der Waals surface area contributed by atoms with E-state index in [1.54, 1.807) is 24.3 Å². The number of aromatic amines is 1. The van der Waals surface area contributed by atoms with E-state index in [-0.39, 0.29) is 28.1 Å². The van der Waals surface area contributed by atoms with Crippen LogP contribution in [0.25, 0.3) is 22.4 Å². The summed E-state index contributed by atoms with van der Waals surface area (Å²) in [4.78, 5) is 32.5. The highest BCUT2D eigenvalue weighted by molar-refractivity contribution is 6.33. The van der Waals surface area contributed by atoms with Crippen molar-refractivity contribution in [2.24, 2.45) is 0 Å². The molecule has 0 bridgehead atoms. The normalized spacial score (nSPS) is 14.5. The van der Waals surface area contributed by atoms with Crippen molar-refractivity contribution in [3.63, 3.8) is 0 Å². The number of aromatic nitrogens is 2. The van der Waals surface area contributed by atoms with E-state index in [2.05, 4.69) is 9.97 Å². The third kappa shape index (κ3) is 5.58. The first kappa shape index (κ1) is 25.7. The molecule has 3 aromatic carbocycles. The molecule has 0 fully saturated rings. The van der Waals surface area contributed by atoms with Gasteiger partial charge in [-0.25, -0.2) is 9.37 Å². The van der Waals surface area contributed by atoms with Crippen molar-refractivity contribution in [2.45, 2.75) is 32.2 Å². The zero-order valence-electron chi connectivity index (χ0n) is 20.1. The number of para-hydroxylation sites is 2. The first-order chi connectivity index (χ1) is 17.7. The third-order valence-electron chi connectivity index (χ3n) is 5.77. The quantitative estimate of drug-likeness (QED) is 0.121. The molecule has 0 radical (unpaired) electrons. The van der Waals surface area contributed by atoms with Gasteiger partial charge in [0.25, 0.3) is 0 Å². The van der Waals surface area contributed by atoms with E-state index < -0.39 is 41.6 Å². The number of esters is 1. The van der Waals surface area contributed by atoms with Crippen LogP contribution in [0.1, 0.15) is 47.3 Å². The fraction of sp³-hybridized carbons (Fsp3) is 0.179. The number of imidazole rings is 1. The Balaban J connectivity index is 1.85. The van der Waals surface area contributed by atoms with E-state index in [1.807, 2.05) is 0 Å². The lowest BCUT2D eigenvalue weighted by Gasteiger charge is -2.25. The Hall–Kier alpha value is -4.34. The molecule has 8 nitrogen and oxygen atoms in total. The summed E-state index contributed by atoms with van der Waals surface area (Å²) in [6.45, 7) is 2.53. The monoisotopic (exact) mass is 504 g/mol. The molecule has 4 rings (SSSR count). The summed E-state index contributed by atoms with van der Waals surface area (Å²) in [5.74, 6) is -2.38. The van der Waals surface area contributed by atoms with Gasteiger partial charge in [-0.2, -0.15) is 0 Å². The molecule has 3 unspecified atom stereocenters. The minimum absolute atomic E-state index is 0.00206. The van der Waals surface area contributed by atoms with Gasteiger partial charge in [0.05, 0.1) is 17.1 Å². The van der Waals surface area contributed by atoms with Gasteiger partial charge in [-0.1, -0.05) is 42.5 Å². The van der Waals surface area contributed by atoms with Crippen LogP contribution in [0.3, 0.4) is 0 Å². The average molecular weight is 505 g/mol. The molecule has 0 saturated carbocycles. The number of ketones is 1. The Morgan fingerprint density at radius 2 is 1.68 bits per heavy atom. The largest absolute Gasteiger partial charge is 0.506 e. The Labute approximate surface area is 211 Å². The standard InChI is InChI=1S/C28H25FN2O6/c1-15(32)27(37-16(2)33)26(36)18-8-5-7-17(13-18)24(34)23(25(35)19-9-6-10-20(29)14-19)28-30-21-11-3-4-12-22(21)31-28/h3-15,26-27,32,34,36H,1-2H3,(H,30,31)/b24-23-. The molecule has 9 heteroatoms. The molecule has 0 aliphatic carbocycles. The molecule has 0 saturated heterocycles. The van der Waals surface area contributed by atoms with Gasteiger partial charge in [0.2, 0.25) is 5.78 Å². The highest BCUT2D eigenvalue weighted by atomic mass is 19.1. The summed E-state index contributed by atoms with van der Waals surface area (Å²) in [7, 11) is 0. The van der Waals surface area contributed by atoms with Gasteiger partial charge in [0.15, 0.2) is 6.10 Å². The number of nitrogens with one attached hydrogen (secondary N) is 1. The van der Waals surface area contributed by atoms with Crippen molar-refractivity contribution in [1.82, 2.24) is 9.97 Å². The van der Waals surface area contributed by atoms with Gasteiger partial charge >= 0.3 is 5.97 Å². The van der Waals surface area contributed by atoms with Crippen LogP contribution in [0.4, 0.5) is 4.39 Å². The molecule has 1 aromatic heterocycles. The maximum absolute atomic E-state index is 13.9. The van der Waals surface area contributed by atoms with Crippen LogP contribution >= 0.6 is 0 Å². The summed E-state index contributed by atoms with van der Waals surface area (Å²) in [6.07, 6.45) is -3.87. The summed E-state index contributed by atoms with van der Waals surface area (Å²) in [6, 6.07) is 18.1. The second kappa shape index (κ2) is 10.7. The maximum atomic E-state index is 13.9. The fourth-order valence-electron chi connectivity index (χ4n) is 3.99. The molecular formula is C28H25FN2O6. The van der Waals surface area contributed by atoms with Crippen LogP contribution in [0.15, 0.2) is 72.8 Å². The molecule has 1 heterocycles. The first-order valence-corrected chi connectivity index (χ1v) is 11.5. The number of hydrogen-bond acceptors (Lipinski definition) is 7. The number of carbonyl (C=O) groups is 2. The predicted octanol–water partition coefficient (Wildman–Crippen LogP) is 4.36. The highest BCUT2D eigenvalue weighted by Crippen LogP contribution is 2.31. The van der Waals surface area contributed by atoms with Gasteiger partial charge in [0, 0.05) is 18.1 Å². The molecule has 4 N–H and O–H groups in total. The number of carbonyl (C=O) groups excluding carboxylic acids is 2. The van der Waals surface area contributed by atoms with Crippen molar-refractivity contribution in [1.29, 1.82) is 0 Å². The van der Waals surface area contributed by atoms with Crippen molar-refractivity contribution in [2.75, 3.05) is 0 Å². The van der Waals surface area contributed by atoms with Gasteiger partial charge in [-0.05, 0) is 42.8 Å². The molecular weight excluding hydrogens is 479 g/mol. The minimum atomic E-state index is -1.43. The number of H-pyrrole nitrogens is 1. The number of hydrogen-bond donors (Lipinski definition) is 4. The molecule has 0 spiro atoms. The molecule has 0 aliphatic heterocycles. The topological polar surface area (TPSA) is 133 Å². The molecule has 190 valence electrons.